The van der Waals surface area contributed by atoms with Gasteiger partial charge in [-0.2, -0.15) is 0 Å². The second kappa shape index (κ2) is 5.66. The van der Waals surface area contributed by atoms with Crippen LogP contribution < -0.4 is 18.5 Å². The van der Waals surface area contributed by atoms with Crippen LogP contribution >= 0.6 is 0 Å². The molecule has 0 saturated carbocycles. The number of anilines is 1. The van der Waals surface area contributed by atoms with Crippen LogP contribution in [0.15, 0.2) is 41.3 Å². The minimum atomic E-state index is -3.68. The first-order valence-corrected chi connectivity index (χ1v) is 8.40. The molecule has 2 aromatic rings. The quantitative estimate of drug-likeness (QED) is 0.859. The lowest BCUT2D eigenvalue weighted by molar-refractivity contribution is 0.174. The molecule has 0 amide bonds. The molecule has 0 aliphatic carbocycles. The third-order valence-electron chi connectivity index (χ3n) is 3.74. The Hall–Kier alpha value is -2.41. The SMILES string of the molecule is COc1ccc(S(=O)(=O)N(C)c2ccc3c(c2)OCO3)c(C)c1. The molecule has 1 heterocycles. The van der Waals surface area contributed by atoms with Gasteiger partial charge in [0.05, 0.1) is 17.7 Å². The van der Waals surface area contributed by atoms with E-state index in [1.165, 1.54) is 11.4 Å². The number of sulfonamides is 1. The Morgan fingerprint density at radius 2 is 1.83 bits per heavy atom. The van der Waals surface area contributed by atoms with Crippen molar-refractivity contribution in [2.45, 2.75) is 11.8 Å². The van der Waals surface area contributed by atoms with Gasteiger partial charge in [0.1, 0.15) is 5.75 Å². The average molecular weight is 335 g/mol. The standard InChI is InChI=1S/C16H17NO5S/c1-11-8-13(20-3)5-7-16(11)23(18,19)17(2)12-4-6-14-15(9-12)22-10-21-14/h4-9H,10H2,1-3H3. The van der Waals surface area contributed by atoms with Crippen LogP contribution in [0.1, 0.15) is 5.56 Å². The van der Waals surface area contributed by atoms with E-state index in [4.69, 9.17) is 14.2 Å². The number of rotatable bonds is 4. The Labute approximate surface area is 135 Å². The molecule has 0 fully saturated rings. The molecule has 3 rings (SSSR count). The van der Waals surface area contributed by atoms with E-state index < -0.39 is 10.0 Å². The topological polar surface area (TPSA) is 65.1 Å². The molecular formula is C16H17NO5S. The third kappa shape index (κ3) is 2.68. The van der Waals surface area contributed by atoms with Gasteiger partial charge in [0.25, 0.3) is 10.0 Å². The van der Waals surface area contributed by atoms with Crippen LogP contribution in [-0.2, 0) is 10.0 Å². The fraction of sp³-hybridized carbons (Fsp3) is 0.250. The predicted octanol–water partition coefficient (Wildman–Crippen LogP) is 2.56. The highest BCUT2D eigenvalue weighted by Gasteiger charge is 2.25. The van der Waals surface area contributed by atoms with E-state index in [1.54, 1.807) is 50.4 Å². The second-order valence-electron chi connectivity index (χ2n) is 5.14. The van der Waals surface area contributed by atoms with Crippen LogP contribution in [0.5, 0.6) is 17.2 Å². The number of ether oxygens (including phenoxy) is 3. The maximum absolute atomic E-state index is 12.9. The summed E-state index contributed by atoms with van der Waals surface area (Å²) in [6, 6.07) is 9.91. The van der Waals surface area contributed by atoms with Crippen LogP contribution in [0.25, 0.3) is 0 Å². The van der Waals surface area contributed by atoms with Crippen LogP contribution in [0.2, 0.25) is 0 Å². The monoisotopic (exact) mass is 335 g/mol. The predicted molar refractivity (Wildman–Crippen MR) is 85.9 cm³/mol. The first-order valence-electron chi connectivity index (χ1n) is 6.96. The van der Waals surface area contributed by atoms with E-state index in [9.17, 15) is 8.42 Å². The highest BCUT2D eigenvalue weighted by Crippen LogP contribution is 2.36. The van der Waals surface area contributed by atoms with E-state index in [1.807, 2.05) is 0 Å². The lowest BCUT2D eigenvalue weighted by Gasteiger charge is -2.21. The van der Waals surface area contributed by atoms with Crippen molar-refractivity contribution in [3.8, 4) is 17.2 Å². The van der Waals surface area contributed by atoms with Gasteiger partial charge in [0.2, 0.25) is 6.79 Å². The fourth-order valence-electron chi connectivity index (χ4n) is 2.41. The number of aryl methyl sites for hydroxylation is 1. The maximum atomic E-state index is 12.9. The summed E-state index contributed by atoms with van der Waals surface area (Å²) in [5.74, 6) is 1.77. The second-order valence-corrected chi connectivity index (χ2v) is 7.08. The van der Waals surface area contributed by atoms with Crippen molar-refractivity contribution in [3.63, 3.8) is 0 Å². The number of fused-ring (bicyclic) bond motifs is 1. The lowest BCUT2D eigenvalue weighted by atomic mass is 10.2. The molecule has 1 aliphatic rings. The summed E-state index contributed by atoms with van der Waals surface area (Å²) in [6.07, 6.45) is 0. The van der Waals surface area contributed by atoms with Gasteiger partial charge < -0.3 is 14.2 Å². The summed E-state index contributed by atoms with van der Waals surface area (Å²) in [4.78, 5) is 0.235. The molecule has 122 valence electrons. The molecule has 0 saturated heterocycles. The van der Waals surface area contributed by atoms with E-state index in [0.717, 1.165) is 0 Å². The zero-order valence-corrected chi connectivity index (χ0v) is 13.9. The summed E-state index contributed by atoms with van der Waals surface area (Å²) in [7, 11) is -0.630. The number of hydrogen-bond donors (Lipinski definition) is 0. The summed E-state index contributed by atoms with van der Waals surface area (Å²) in [5, 5.41) is 0. The molecule has 0 bridgehead atoms. The number of nitrogens with zero attached hydrogens (tertiary/aromatic N) is 1. The molecule has 6 nitrogen and oxygen atoms in total. The molecule has 0 atom stereocenters. The summed E-state index contributed by atoms with van der Waals surface area (Å²) in [6.45, 7) is 1.88. The molecule has 0 unspecified atom stereocenters. The van der Waals surface area contributed by atoms with Gasteiger partial charge in [0, 0.05) is 13.1 Å². The van der Waals surface area contributed by atoms with Gasteiger partial charge in [-0.25, -0.2) is 8.42 Å². The Bertz CT molecular complexity index is 848. The Balaban J connectivity index is 1.99. The van der Waals surface area contributed by atoms with Crippen molar-refractivity contribution in [1.29, 1.82) is 0 Å². The largest absolute Gasteiger partial charge is 0.497 e. The first kappa shape index (κ1) is 15.5. The third-order valence-corrected chi connectivity index (χ3v) is 5.69. The van der Waals surface area contributed by atoms with E-state index in [0.29, 0.717) is 28.5 Å². The van der Waals surface area contributed by atoms with Gasteiger partial charge in [-0.1, -0.05) is 0 Å². The zero-order valence-electron chi connectivity index (χ0n) is 13.1. The molecule has 1 aliphatic heterocycles. The lowest BCUT2D eigenvalue weighted by Crippen LogP contribution is -2.27. The van der Waals surface area contributed by atoms with Crippen LogP contribution in [0.3, 0.4) is 0 Å². The zero-order chi connectivity index (χ0) is 16.6. The van der Waals surface area contributed by atoms with Crippen molar-refractivity contribution < 1.29 is 22.6 Å². The van der Waals surface area contributed by atoms with Crippen LogP contribution in [0, 0.1) is 6.92 Å². The molecule has 0 radical (unpaired) electrons. The Kier molecular flexibility index (Phi) is 3.81. The first-order chi connectivity index (χ1) is 10.9. The number of methoxy groups -OCH3 is 1. The van der Waals surface area contributed by atoms with Gasteiger partial charge in [-0.05, 0) is 42.8 Å². The van der Waals surface area contributed by atoms with Crippen molar-refractivity contribution in [2.24, 2.45) is 0 Å². The molecule has 0 N–H and O–H groups in total. The van der Waals surface area contributed by atoms with Crippen LogP contribution in [-0.4, -0.2) is 29.4 Å². The van der Waals surface area contributed by atoms with Gasteiger partial charge >= 0.3 is 0 Å². The van der Waals surface area contributed by atoms with Crippen molar-refractivity contribution in [3.05, 3.63) is 42.0 Å². The Morgan fingerprint density at radius 1 is 1.09 bits per heavy atom. The van der Waals surface area contributed by atoms with Gasteiger partial charge in [0.15, 0.2) is 11.5 Å². The number of benzene rings is 2. The average Bonchev–Trinajstić information content (AvgIpc) is 3.01. The highest BCUT2D eigenvalue weighted by molar-refractivity contribution is 7.92. The van der Waals surface area contributed by atoms with Crippen molar-refractivity contribution >= 4 is 15.7 Å². The fourth-order valence-corrected chi connectivity index (χ4v) is 3.80. The van der Waals surface area contributed by atoms with E-state index >= 15 is 0 Å². The van der Waals surface area contributed by atoms with Gasteiger partial charge in [-0.15, -0.1) is 0 Å². The molecule has 7 heteroatoms. The molecule has 0 aromatic heterocycles. The molecular weight excluding hydrogens is 318 g/mol. The minimum Gasteiger partial charge on any atom is -0.497 e. The minimum absolute atomic E-state index is 0.146. The molecule has 2 aromatic carbocycles. The highest BCUT2D eigenvalue weighted by atomic mass is 32.2. The van der Waals surface area contributed by atoms with Crippen LogP contribution in [0.4, 0.5) is 5.69 Å². The molecule has 23 heavy (non-hydrogen) atoms. The van der Waals surface area contributed by atoms with E-state index in [2.05, 4.69) is 0 Å². The summed E-state index contributed by atoms with van der Waals surface area (Å²) < 4.78 is 42.6. The normalized spacial score (nSPS) is 13.0. The van der Waals surface area contributed by atoms with E-state index in [-0.39, 0.29) is 11.7 Å². The number of hydrogen-bond acceptors (Lipinski definition) is 5. The maximum Gasteiger partial charge on any atom is 0.264 e. The van der Waals surface area contributed by atoms with Gasteiger partial charge in [-0.3, -0.25) is 4.31 Å². The van der Waals surface area contributed by atoms with Crippen molar-refractivity contribution in [2.75, 3.05) is 25.3 Å². The Morgan fingerprint density at radius 3 is 2.52 bits per heavy atom. The van der Waals surface area contributed by atoms with Crippen molar-refractivity contribution in [1.82, 2.24) is 0 Å². The molecule has 0 spiro atoms. The summed E-state index contributed by atoms with van der Waals surface area (Å²) >= 11 is 0. The smallest absolute Gasteiger partial charge is 0.264 e. The summed E-state index contributed by atoms with van der Waals surface area (Å²) in [5.41, 5.74) is 1.13.